The van der Waals surface area contributed by atoms with Crippen LogP contribution in [0.25, 0.3) is 0 Å². The fourth-order valence-corrected chi connectivity index (χ4v) is 6.53. The highest BCUT2D eigenvalue weighted by molar-refractivity contribution is 7.89. The molecule has 1 amide bonds. The molecule has 0 aromatic heterocycles. The first-order chi connectivity index (χ1) is 16.9. The molecule has 10 heteroatoms. The van der Waals surface area contributed by atoms with Crippen molar-refractivity contribution in [3.05, 3.63) is 46.5 Å². The molecule has 1 heterocycles. The highest BCUT2D eigenvalue weighted by Gasteiger charge is 2.26. The van der Waals surface area contributed by atoms with E-state index in [2.05, 4.69) is 29.2 Å². The number of rotatable bonds is 9. The van der Waals surface area contributed by atoms with Gasteiger partial charge in [0.05, 0.1) is 22.7 Å². The summed E-state index contributed by atoms with van der Waals surface area (Å²) in [6.07, 6.45) is 2.17. The molecule has 1 aliphatic rings. The van der Waals surface area contributed by atoms with Gasteiger partial charge >= 0.3 is 0 Å². The number of aryl methyl sites for hydroxylation is 2. The predicted octanol–water partition coefficient (Wildman–Crippen LogP) is 4.15. The summed E-state index contributed by atoms with van der Waals surface area (Å²) < 4.78 is 32.8. The van der Waals surface area contributed by atoms with Crippen molar-refractivity contribution >= 4 is 38.9 Å². The lowest BCUT2D eigenvalue weighted by Gasteiger charge is -2.36. The molecule has 1 aliphatic heterocycles. The van der Waals surface area contributed by atoms with Gasteiger partial charge in [0.25, 0.3) is 0 Å². The molecule has 3 rings (SSSR count). The first-order valence-electron chi connectivity index (χ1n) is 12.1. The Bertz CT molecular complexity index is 1170. The second-order valence-corrected chi connectivity index (χ2v) is 12.0. The zero-order valence-corrected chi connectivity index (χ0v) is 23.5. The lowest BCUT2D eigenvalue weighted by molar-refractivity contribution is -0.116. The van der Waals surface area contributed by atoms with Gasteiger partial charge in [-0.1, -0.05) is 11.6 Å². The van der Waals surface area contributed by atoms with E-state index in [4.69, 9.17) is 16.3 Å². The minimum atomic E-state index is -3.76. The number of benzene rings is 2. The topological polar surface area (TPSA) is 82.2 Å². The van der Waals surface area contributed by atoms with Gasteiger partial charge in [0.2, 0.25) is 15.9 Å². The molecule has 0 bridgehead atoms. The fourth-order valence-electron chi connectivity index (χ4n) is 4.66. The third-order valence-electron chi connectivity index (χ3n) is 6.76. The van der Waals surface area contributed by atoms with Crippen molar-refractivity contribution in [2.45, 2.75) is 44.0 Å². The largest absolute Gasteiger partial charge is 0.497 e. The van der Waals surface area contributed by atoms with Gasteiger partial charge in [-0.2, -0.15) is 0 Å². The number of amides is 1. The van der Waals surface area contributed by atoms with Crippen molar-refractivity contribution in [2.24, 2.45) is 0 Å². The number of nitrogens with zero attached hydrogens (tertiary/aromatic N) is 3. The van der Waals surface area contributed by atoms with Gasteiger partial charge in [0, 0.05) is 44.8 Å². The normalized spacial score (nSPS) is 15.0. The molecule has 8 nitrogen and oxygen atoms in total. The Kier molecular flexibility index (Phi) is 9.27. The summed E-state index contributed by atoms with van der Waals surface area (Å²) in [6.45, 7) is 5.39. The molecule has 1 fully saturated rings. The molecule has 36 heavy (non-hydrogen) atoms. The average molecular weight is 537 g/mol. The minimum Gasteiger partial charge on any atom is -0.497 e. The Morgan fingerprint density at radius 2 is 1.72 bits per heavy atom. The van der Waals surface area contributed by atoms with E-state index >= 15 is 0 Å². The van der Waals surface area contributed by atoms with Crippen LogP contribution in [0, 0.1) is 13.8 Å². The van der Waals surface area contributed by atoms with Crippen LogP contribution in [-0.2, 0) is 14.8 Å². The van der Waals surface area contributed by atoms with Crippen LogP contribution in [0.1, 0.15) is 30.4 Å². The monoisotopic (exact) mass is 536 g/mol. The van der Waals surface area contributed by atoms with Crippen LogP contribution in [0.15, 0.2) is 35.2 Å². The summed E-state index contributed by atoms with van der Waals surface area (Å²) in [4.78, 5) is 17.4. The number of hydrogen-bond acceptors (Lipinski definition) is 6. The summed E-state index contributed by atoms with van der Waals surface area (Å²) >= 11 is 6.55. The molecule has 0 atom stereocenters. The summed E-state index contributed by atoms with van der Waals surface area (Å²) in [5, 5.41) is 3.42. The molecule has 0 spiro atoms. The van der Waals surface area contributed by atoms with Crippen LogP contribution in [0.5, 0.6) is 5.75 Å². The van der Waals surface area contributed by atoms with Crippen LogP contribution < -0.4 is 15.0 Å². The Balaban J connectivity index is 1.59. The lowest BCUT2D eigenvalue weighted by atomic mass is 10.0. The number of carbonyl (C=O) groups excluding carboxylic acids is 1. The SMILES string of the molecule is COc1cc(C)c(S(=O)(=O)N(C)CCC(=O)Nc2ccc(N3CCC(N(C)C)CC3)c(Cl)c2)c(C)c1. The van der Waals surface area contributed by atoms with Gasteiger partial charge in [-0.3, -0.25) is 4.79 Å². The van der Waals surface area contributed by atoms with Gasteiger partial charge in [-0.05, 0) is 82.2 Å². The number of nitrogens with one attached hydrogen (secondary N) is 1. The molecule has 0 radical (unpaired) electrons. The maximum absolute atomic E-state index is 13.2. The minimum absolute atomic E-state index is 0.0153. The van der Waals surface area contributed by atoms with Crippen LogP contribution >= 0.6 is 11.6 Å². The number of hydrogen-bond donors (Lipinski definition) is 1. The Morgan fingerprint density at radius 3 is 2.25 bits per heavy atom. The van der Waals surface area contributed by atoms with Gasteiger partial charge in [-0.15, -0.1) is 0 Å². The van der Waals surface area contributed by atoms with Crippen LogP contribution in [0.2, 0.25) is 5.02 Å². The van der Waals surface area contributed by atoms with Crippen molar-refractivity contribution in [1.29, 1.82) is 0 Å². The first-order valence-corrected chi connectivity index (χ1v) is 13.9. The number of carbonyl (C=O) groups is 1. The molecule has 0 aliphatic carbocycles. The van der Waals surface area contributed by atoms with E-state index in [1.807, 2.05) is 12.1 Å². The molecule has 1 N–H and O–H groups in total. The molecule has 0 unspecified atom stereocenters. The Hall–Kier alpha value is -2.33. The van der Waals surface area contributed by atoms with Crippen molar-refractivity contribution in [3.63, 3.8) is 0 Å². The van der Waals surface area contributed by atoms with E-state index in [0.29, 0.717) is 33.6 Å². The van der Waals surface area contributed by atoms with Crippen LogP contribution in [0.4, 0.5) is 11.4 Å². The number of ether oxygens (including phenoxy) is 1. The molecule has 2 aromatic rings. The highest BCUT2D eigenvalue weighted by atomic mass is 35.5. The fraction of sp³-hybridized carbons (Fsp3) is 0.500. The molecule has 1 saturated heterocycles. The van der Waals surface area contributed by atoms with E-state index in [-0.39, 0.29) is 23.8 Å². The van der Waals surface area contributed by atoms with Crippen molar-refractivity contribution in [2.75, 3.05) is 58.1 Å². The summed E-state index contributed by atoms with van der Waals surface area (Å²) in [5.74, 6) is 0.324. The van der Waals surface area contributed by atoms with E-state index < -0.39 is 10.0 Å². The molecule has 198 valence electrons. The molecular formula is C26H37ClN4O4S. The average Bonchev–Trinajstić information content (AvgIpc) is 2.82. The quantitative estimate of drug-likeness (QED) is 0.518. The van der Waals surface area contributed by atoms with Crippen molar-refractivity contribution in [3.8, 4) is 5.75 Å². The van der Waals surface area contributed by atoms with Crippen molar-refractivity contribution < 1.29 is 17.9 Å². The maximum Gasteiger partial charge on any atom is 0.243 e. The number of methoxy groups -OCH3 is 1. The van der Waals surface area contributed by atoms with Gasteiger partial charge in [0.1, 0.15) is 5.75 Å². The Morgan fingerprint density at radius 1 is 1.11 bits per heavy atom. The van der Waals surface area contributed by atoms with Crippen LogP contribution in [-0.4, -0.2) is 77.5 Å². The number of halogens is 1. The van der Waals surface area contributed by atoms with Gasteiger partial charge in [-0.25, -0.2) is 12.7 Å². The third-order valence-corrected chi connectivity index (χ3v) is 9.22. The molecular weight excluding hydrogens is 500 g/mol. The summed E-state index contributed by atoms with van der Waals surface area (Å²) in [6, 6.07) is 9.48. The molecule has 0 saturated carbocycles. The second-order valence-electron chi connectivity index (χ2n) is 9.56. The molecule has 2 aromatic carbocycles. The number of sulfonamides is 1. The zero-order valence-electron chi connectivity index (χ0n) is 22.0. The summed E-state index contributed by atoms with van der Waals surface area (Å²) in [7, 11) is 3.49. The zero-order chi connectivity index (χ0) is 26.6. The third kappa shape index (κ3) is 6.51. The lowest BCUT2D eigenvalue weighted by Crippen LogP contribution is -2.42. The Labute approximate surface area is 220 Å². The van der Waals surface area contributed by atoms with E-state index in [0.717, 1.165) is 31.6 Å². The smallest absolute Gasteiger partial charge is 0.243 e. The first kappa shape index (κ1) is 28.2. The van der Waals surface area contributed by atoms with E-state index in [1.165, 1.54) is 11.4 Å². The predicted molar refractivity (Wildman–Crippen MR) is 146 cm³/mol. The summed E-state index contributed by atoms with van der Waals surface area (Å²) in [5.41, 5.74) is 2.75. The van der Waals surface area contributed by atoms with E-state index in [9.17, 15) is 13.2 Å². The van der Waals surface area contributed by atoms with Gasteiger partial charge in [0.15, 0.2) is 0 Å². The number of anilines is 2. The second kappa shape index (κ2) is 11.8. The van der Waals surface area contributed by atoms with E-state index in [1.54, 1.807) is 39.2 Å². The van der Waals surface area contributed by atoms with Gasteiger partial charge < -0.3 is 19.9 Å². The maximum atomic E-state index is 13.2. The number of piperidine rings is 1. The standard InChI is InChI=1S/C26H37ClN4O4S/c1-18-15-22(35-6)16-19(2)26(18)36(33,34)30(5)12-11-25(32)28-20-7-8-24(23(27)17-20)31-13-9-21(10-14-31)29(3)4/h7-8,15-17,21H,9-14H2,1-6H3,(H,28,32). The highest BCUT2D eigenvalue weighted by Crippen LogP contribution is 2.32. The van der Waals surface area contributed by atoms with Crippen molar-refractivity contribution in [1.82, 2.24) is 9.21 Å². The van der Waals surface area contributed by atoms with Crippen LogP contribution in [0.3, 0.4) is 0 Å².